The van der Waals surface area contributed by atoms with Crippen LogP contribution in [0.1, 0.15) is 44.4 Å². The van der Waals surface area contributed by atoms with Crippen molar-refractivity contribution in [3.05, 3.63) is 53.1 Å². The Bertz CT molecular complexity index is 714. The van der Waals surface area contributed by atoms with E-state index >= 15 is 0 Å². The van der Waals surface area contributed by atoms with Gasteiger partial charge in [0.25, 0.3) is 0 Å². The highest BCUT2D eigenvalue weighted by Crippen LogP contribution is 2.41. The molecule has 0 aromatic heterocycles. The maximum atomic E-state index is 5.52. The third kappa shape index (κ3) is 3.35. The molecule has 2 aromatic rings. The van der Waals surface area contributed by atoms with E-state index in [2.05, 4.69) is 52.0 Å². The lowest BCUT2D eigenvalue weighted by molar-refractivity contribution is 0.172. The molecular formula is C21H26O3. The molecule has 0 bridgehead atoms. The van der Waals surface area contributed by atoms with E-state index in [0.717, 1.165) is 36.7 Å². The second kappa shape index (κ2) is 6.76. The van der Waals surface area contributed by atoms with Crippen LogP contribution in [0.15, 0.2) is 36.4 Å². The van der Waals surface area contributed by atoms with Gasteiger partial charge in [0, 0.05) is 12.0 Å². The van der Waals surface area contributed by atoms with Crippen molar-refractivity contribution in [1.29, 1.82) is 0 Å². The Morgan fingerprint density at radius 1 is 0.917 bits per heavy atom. The number of fused-ring (bicyclic) bond motifs is 2. The summed E-state index contributed by atoms with van der Waals surface area (Å²) in [5.74, 6) is 2.93. The molecule has 0 fully saturated rings. The molecule has 0 unspecified atom stereocenters. The number of benzene rings is 2. The van der Waals surface area contributed by atoms with Gasteiger partial charge in [-0.1, -0.05) is 58.0 Å². The average molecular weight is 326 g/mol. The highest BCUT2D eigenvalue weighted by atomic mass is 16.7. The topological polar surface area (TPSA) is 27.7 Å². The first-order valence-electron chi connectivity index (χ1n) is 8.63. The first-order valence-corrected chi connectivity index (χ1v) is 8.63. The number of hydrogen-bond donors (Lipinski definition) is 0. The number of para-hydroxylation sites is 2. The van der Waals surface area contributed by atoms with Crippen LogP contribution in [0.4, 0.5) is 0 Å². The van der Waals surface area contributed by atoms with Crippen molar-refractivity contribution in [1.82, 2.24) is 0 Å². The summed E-state index contributed by atoms with van der Waals surface area (Å²) in [5, 5.41) is 0. The molecule has 0 radical (unpaired) electrons. The van der Waals surface area contributed by atoms with Gasteiger partial charge in [-0.25, -0.2) is 0 Å². The van der Waals surface area contributed by atoms with Crippen molar-refractivity contribution < 1.29 is 14.2 Å². The van der Waals surface area contributed by atoms with Crippen molar-refractivity contribution in [3.63, 3.8) is 0 Å². The predicted molar refractivity (Wildman–Crippen MR) is 96.3 cm³/mol. The van der Waals surface area contributed by atoms with E-state index in [-0.39, 0.29) is 5.41 Å². The Hall–Kier alpha value is -2.16. The molecule has 2 heterocycles. The summed E-state index contributed by atoms with van der Waals surface area (Å²) in [6.45, 7) is 9.89. The number of rotatable bonds is 1. The van der Waals surface area contributed by atoms with Crippen LogP contribution in [0.2, 0.25) is 0 Å². The summed E-state index contributed by atoms with van der Waals surface area (Å²) in [6, 6.07) is 12.5. The molecule has 0 aliphatic carbocycles. The van der Waals surface area contributed by atoms with E-state index < -0.39 is 0 Å². The van der Waals surface area contributed by atoms with E-state index in [1.807, 2.05) is 12.1 Å². The molecule has 2 aliphatic heterocycles. The zero-order valence-corrected chi connectivity index (χ0v) is 15.0. The number of ether oxygens (including phenoxy) is 3. The van der Waals surface area contributed by atoms with Crippen molar-refractivity contribution in [2.75, 3.05) is 13.4 Å². The Labute approximate surface area is 144 Å². The van der Waals surface area contributed by atoms with Gasteiger partial charge in [-0.05, 0) is 29.0 Å². The zero-order valence-electron chi connectivity index (χ0n) is 15.0. The lowest BCUT2D eigenvalue weighted by Gasteiger charge is -2.20. The van der Waals surface area contributed by atoms with Crippen LogP contribution in [0, 0.1) is 0 Å². The first-order chi connectivity index (χ1) is 11.5. The van der Waals surface area contributed by atoms with Gasteiger partial charge in [0.05, 0.1) is 6.61 Å². The van der Waals surface area contributed by atoms with Crippen molar-refractivity contribution in [2.24, 2.45) is 0 Å². The van der Waals surface area contributed by atoms with Crippen molar-refractivity contribution in [3.8, 4) is 17.2 Å². The average Bonchev–Trinajstić information content (AvgIpc) is 3.22. The molecule has 4 rings (SSSR count). The fourth-order valence-electron chi connectivity index (χ4n) is 3.08. The summed E-state index contributed by atoms with van der Waals surface area (Å²) in [4.78, 5) is 0. The van der Waals surface area contributed by atoms with Crippen LogP contribution >= 0.6 is 0 Å². The third-order valence-corrected chi connectivity index (χ3v) is 4.38. The third-order valence-electron chi connectivity index (χ3n) is 4.38. The smallest absolute Gasteiger partial charge is 0.231 e. The van der Waals surface area contributed by atoms with Gasteiger partial charge < -0.3 is 14.2 Å². The fraction of sp³-hybridized carbons (Fsp3) is 0.429. The SMILES string of the molecule is CC(C)(C)c1cccc2c1OCO2.CCc1cccc2c1OCC2. The second-order valence-electron chi connectivity index (χ2n) is 7.15. The first kappa shape index (κ1) is 16.7. The van der Waals surface area contributed by atoms with Crippen molar-refractivity contribution >= 4 is 0 Å². The molecular weight excluding hydrogens is 300 g/mol. The highest BCUT2D eigenvalue weighted by Gasteiger charge is 2.24. The maximum absolute atomic E-state index is 5.52. The molecule has 0 amide bonds. The minimum absolute atomic E-state index is 0.110. The molecule has 0 spiro atoms. The van der Waals surface area contributed by atoms with E-state index in [4.69, 9.17) is 14.2 Å². The molecule has 24 heavy (non-hydrogen) atoms. The minimum Gasteiger partial charge on any atom is -0.493 e. The summed E-state index contributed by atoms with van der Waals surface area (Å²) >= 11 is 0. The van der Waals surface area contributed by atoms with Gasteiger partial charge in [0.15, 0.2) is 11.5 Å². The highest BCUT2D eigenvalue weighted by molar-refractivity contribution is 5.50. The molecule has 2 aliphatic rings. The van der Waals surface area contributed by atoms with Gasteiger partial charge in [-0.2, -0.15) is 0 Å². The lowest BCUT2D eigenvalue weighted by atomic mass is 9.86. The Morgan fingerprint density at radius 3 is 2.46 bits per heavy atom. The normalized spacial score (nSPS) is 14.5. The Balaban J connectivity index is 0.000000143. The standard InChI is InChI=1S/C11H14O2.C10H12O/c1-11(2,3)8-5-4-6-9-10(8)13-7-12-9;1-2-8-4-3-5-9-6-7-11-10(8)9/h4-6H,7H2,1-3H3;3-5H,2,6-7H2,1H3. The van der Waals surface area contributed by atoms with Crippen LogP contribution < -0.4 is 14.2 Å². The fourth-order valence-corrected chi connectivity index (χ4v) is 3.08. The summed E-state index contributed by atoms with van der Waals surface area (Å²) < 4.78 is 16.3. The molecule has 128 valence electrons. The second-order valence-corrected chi connectivity index (χ2v) is 7.15. The van der Waals surface area contributed by atoms with Gasteiger partial charge in [0.1, 0.15) is 5.75 Å². The number of aryl methyl sites for hydroxylation is 1. The molecule has 3 nitrogen and oxygen atoms in total. The van der Waals surface area contributed by atoms with Crippen LogP contribution in [0.3, 0.4) is 0 Å². The molecule has 0 saturated carbocycles. The Kier molecular flexibility index (Phi) is 4.70. The summed E-state index contributed by atoms with van der Waals surface area (Å²) in [6.07, 6.45) is 2.16. The Morgan fingerprint density at radius 2 is 1.71 bits per heavy atom. The predicted octanol–water partition coefficient (Wildman–Crippen LogP) is 4.90. The van der Waals surface area contributed by atoms with Gasteiger partial charge in [0.2, 0.25) is 6.79 Å². The quantitative estimate of drug-likeness (QED) is 0.746. The molecule has 0 N–H and O–H groups in total. The molecule has 3 heteroatoms. The molecule has 2 aromatic carbocycles. The van der Waals surface area contributed by atoms with Crippen molar-refractivity contribution in [2.45, 2.75) is 46.0 Å². The van der Waals surface area contributed by atoms with E-state index in [0.29, 0.717) is 6.79 Å². The summed E-state index contributed by atoms with van der Waals surface area (Å²) in [5.41, 5.74) is 4.05. The monoisotopic (exact) mass is 326 g/mol. The van der Waals surface area contributed by atoms with E-state index in [1.54, 1.807) is 0 Å². The molecule has 0 saturated heterocycles. The maximum Gasteiger partial charge on any atom is 0.231 e. The van der Waals surface area contributed by atoms with E-state index in [1.165, 1.54) is 16.7 Å². The van der Waals surface area contributed by atoms with Crippen LogP contribution in [-0.2, 0) is 18.3 Å². The van der Waals surface area contributed by atoms with Gasteiger partial charge in [-0.3, -0.25) is 0 Å². The van der Waals surface area contributed by atoms with Gasteiger partial charge >= 0.3 is 0 Å². The van der Waals surface area contributed by atoms with Crippen LogP contribution in [-0.4, -0.2) is 13.4 Å². The molecule has 0 atom stereocenters. The zero-order chi connectivity index (χ0) is 17.2. The van der Waals surface area contributed by atoms with Gasteiger partial charge in [-0.15, -0.1) is 0 Å². The lowest BCUT2D eigenvalue weighted by Crippen LogP contribution is -2.11. The van der Waals surface area contributed by atoms with Crippen LogP contribution in [0.25, 0.3) is 0 Å². The summed E-state index contributed by atoms with van der Waals surface area (Å²) in [7, 11) is 0. The van der Waals surface area contributed by atoms with Crippen LogP contribution in [0.5, 0.6) is 17.2 Å². The minimum atomic E-state index is 0.110. The largest absolute Gasteiger partial charge is 0.493 e. The van der Waals surface area contributed by atoms with E-state index in [9.17, 15) is 0 Å². The number of hydrogen-bond acceptors (Lipinski definition) is 3.